The maximum absolute atomic E-state index is 12.0. The van der Waals surface area contributed by atoms with Crippen LogP contribution in [0.5, 0.6) is 0 Å². The first-order chi connectivity index (χ1) is 8.81. The molecule has 4 N–H and O–H groups in total. The van der Waals surface area contributed by atoms with Crippen LogP contribution in [0.1, 0.15) is 31.1 Å². The quantitative estimate of drug-likeness (QED) is 0.735. The fourth-order valence-electron chi connectivity index (χ4n) is 1.42. The summed E-state index contributed by atoms with van der Waals surface area (Å²) in [5, 5.41) is 5.37. The summed E-state index contributed by atoms with van der Waals surface area (Å²) < 4.78 is 0.652. The lowest BCUT2D eigenvalue weighted by atomic mass is 10.2. The number of carbonyl (C=O) groups excluding carboxylic acids is 2. The molecule has 0 aliphatic carbocycles. The zero-order valence-corrected chi connectivity index (χ0v) is 12.7. The molecule has 0 spiro atoms. The number of hydrogen-bond donors (Lipinski definition) is 3. The number of benzene rings is 1. The summed E-state index contributed by atoms with van der Waals surface area (Å²) in [6.07, 6.45) is 0. The highest BCUT2D eigenvalue weighted by Gasteiger charge is 2.17. The number of nitrogens with two attached hydrogens (primary N) is 1. The molecule has 0 aromatic heterocycles. The van der Waals surface area contributed by atoms with Gasteiger partial charge in [-0.15, -0.1) is 0 Å². The van der Waals surface area contributed by atoms with Crippen LogP contribution in [-0.2, 0) is 4.79 Å². The summed E-state index contributed by atoms with van der Waals surface area (Å²) in [6, 6.07) is 4.32. The van der Waals surface area contributed by atoms with Crippen LogP contribution < -0.4 is 16.4 Å². The number of amides is 2. The summed E-state index contributed by atoms with van der Waals surface area (Å²) in [5.41, 5.74) is 6.66. The Hall–Kier alpha value is -1.56. The number of anilines is 1. The summed E-state index contributed by atoms with van der Waals surface area (Å²) in [7, 11) is 0. The van der Waals surface area contributed by atoms with E-state index < -0.39 is 6.04 Å². The van der Waals surface area contributed by atoms with Gasteiger partial charge in [0.2, 0.25) is 5.91 Å². The Morgan fingerprint density at radius 1 is 1.21 bits per heavy atom. The maximum atomic E-state index is 12.0. The molecule has 0 bridgehead atoms. The van der Waals surface area contributed by atoms with E-state index in [4.69, 9.17) is 5.73 Å². The van der Waals surface area contributed by atoms with Gasteiger partial charge in [0.15, 0.2) is 0 Å². The lowest BCUT2D eigenvalue weighted by molar-refractivity contribution is -0.123. The van der Waals surface area contributed by atoms with Crippen LogP contribution in [0.3, 0.4) is 0 Å². The van der Waals surface area contributed by atoms with E-state index in [1.807, 2.05) is 13.8 Å². The second-order valence-corrected chi connectivity index (χ2v) is 5.45. The number of hydrogen-bond acceptors (Lipinski definition) is 3. The van der Waals surface area contributed by atoms with Gasteiger partial charge in [-0.05, 0) is 54.9 Å². The van der Waals surface area contributed by atoms with Gasteiger partial charge >= 0.3 is 0 Å². The van der Waals surface area contributed by atoms with Gasteiger partial charge in [-0.3, -0.25) is 9.59 Å². The van der Waals surface area contributed by atoms with E-state index in [9.17, 15) is 9.59 Å². The minimum Gasteiger partial charge on any atom is -0.398 e. The van der Waals surface area contributed by atoms with Crippen molar-refractivity contribution in [3.63, 3.8) is 0 Å². The molecule has 6 heteroatoms. The Morgan fingerprint density at radius 2 is 1.84 bits per heavy atom. The van der Waals surface area contributed by atoms with Crippen molar-refractivity contribution in [2.45, 2.75) is 32.9 Å². The fraction of sp³-hybridized carbons (Fsp3) is 0.385. The van der Waals surface area contributed by atoms with Crippen LogP contribution in [0.2, 0.25) is 0 Å². The minimum absolute atomic E-state index is 0.0394. The molecule has 1 rings (SSSR count). The lowest BCUT2D eigenvalue weighted by Gasteiger charge is -2.16. The summed E-state index contributed by atoms with van der Waals surface area (Å²) in [4.78, 5) is 23.6. The molecular formula is C13H18BrN3O2. The molecule has 104 valence electrons. The average Bonchev–Trinajstić information content (AvgIpc) is 2.31. The molecule has 0 radical (unpaired) electrons. The first-order valence-corrected chi connectivity index (χ1v) is 6.77. The molecule has 0 saturated heterocycles. The van der Waals surface area contributed by atoms with E-state index in [-0.39, 0.29) is 17.9 Å². The van der Waals surface area contributed by atoms with Gasteiger partial charge in [0, 0.05) is 21.8 Å². The first-order valence-electron chi connectivity index (χ1n) is 5.97. The Bertz CT molecular complexity index is 489. The van der Waals surface area contributed by atoms with Crippen molar-refractivity contribution in [3.05, 3.63) is 28.2 Å². The van der Waals surface area contributed by atoms with Crippen molar-refractivity contribution in [1.82, 2.24) is 10.6 Å². The normalized spacial score (nSPS) is 12.1. The lowest BCUT2D eigenvalue weighted by Crippen LogP contribution is -2.46. The number of carbonyl (C=O) groups is 2. The molecule has 0 aliphatic rings. The first kappa shape index (κ1) is 15.5. The third-order valence-electron chi connectivity index (χ3n) is 2.43. The SMILES string of the molecule is CC(C)NC(=O)C(C)NC(=O)c1ccc(N)c(Br)c1. The van der Waals surface area contributed by atoms with Crippen molar-refractivity contribution in [3.8, 4) is 0 Å². The number of nitrogens with one attached hydrogen (secondary N) is 2. The topological polar surface area (TPSA) is 84.2 Å². The van der Waals surface area contributed by atoms with Crippen molar-refractivity contribution in [1.29, 1.82) is 0 Å². The maximum Gasteiger partial charge on any atom is 0.251 e. The van der Waals surface area contributed by atoms with Crippen LogP contribution in [0.25, 0.3) is 0 Å². The third kappa shape index (κ3) is 4.55. The molecule has 1 aromatic carbocycles. The van der Waals surface area contributed by atoms with Crippen LogP contribution in [0, 0.1) is 0 Å². The summed E-state index contributed by atoms with van der Waals surface area (Å²) >= 11 is 3.26. The van der Waals surface area contributed by atoms with Crippen molar-refractivity contribution in [2.75, 3.05) is 5.73 Å². The van der Waals surface area contributed by atoms with Crippen LogP contribution in [-0.4, -0.2) is 23.9 Å². The predicted molar refractivity (Wildman–Crippen MR) is 78.8 cm³/mol. The smallest absolute Gasteiger partial charge is 0.251 e. The predicted octanol–water partition coefficient (Wildman–Crippen LogP) is 1.67. The molecule has 1 atom stereocenters. The second-order valence-electron chi connectivity index (χ2n) is 4.59. The van der Waals surface area contributed by atoms with E-state index in [2.05, 4.69) is 26.6 Å². The average molecular weight is 328 g/mol. The fourth-order valence-corrected chi connectivity index (χ4v) is 1.80. The molecule has 1 aromatic rings. The molecule has 0 fully saturated rings. The third-order valence-corrected chi connectivity index (χ3v) is 3.12. The molecule has 19 heavy (non-hydrogen) atoms. The monoisotopic (exact) mass is 327 g/mol. The van der Waals surface area contributed by atoms with E-state index in [0.29, 0.717) is 15.7 Å². The van der Waals surface area contributed by atoms with Gasteiger partial charge in [0.25, 0.3) is 5.91 Å². The molecule has 1 unspecified atom stereocenters. The highest BCUT2D eigenvalue weighted by Crippen LogP contribution is 2.20. The summed E-state index contributed by atoms with van der Waals surface area (Å²) in [5.74, 6) is -0.523. The van der Waals surface area contributed by atoms with E-state index in [0.717, 1.165) is 0 Å². The second kappa shape index (κ2) is 6.56. The van der Waals surface area contributed by atoms with Gasteiger partial charge in [0.05, 0.1) is 0 Å². The Kier molecular flexibility index (Phi) is 5.35. The van der Waals surface area contributed by atoms with Gasteiger partial charge in [-0.25, -0.2) is 0 Å². The van der Waals surface area contributed by atoms with Crippen molar-refractivity contribution >= 4 is 33.4 Å². The Balaban J connectivity index is 2.68. The van der Waals surface area contributed by atoms with Crippen LogP contribution in [0.4, 0.5) is 5.69 Å². The van der Waals surface area contributed by atoms with E-state index >= 15 is 0 Å². The summed E-state index contributed by atoms with van der Waals surface area (Å²) in [6.45, 7) is 5.37. The van der Waals surface area contributed by atoms with Crippen LogP contribution in [0.15, 0.2) is 22.7 Å². The van der Waals surface area contributed by atoms with Gasteiger partial charge < -0.3 is 16.4 Å². The van der Waals surface area contributed by atoms with Gasteiger partial charge in [-0.1, -0.05) is 0 Å². The van der Waals surface area contributed by atoms with E-state index in [1.165, 1.54) is 0 Å². The highest BCUT2D eigenvalue weighted by atomic mass is 79.9. The minimum atomic E-state index is -0.591. The Morgan fingerprint density at radius 3 is 2.37 bits per heavy atom. The molecule has 0 aliphatic heterocycles. The molecule has 0 saturated carbocycles. The number of rotatable bonds is 4. The zero-order chi connectivity index (χ0) is 14.6. The van der Waals surface area contributed by atoms with Gasteiger partial charge in [-0.2, -0.15) is 0 Å². The highest BCUT2D eigenvalue weighted by molar-refractivity contribution is 9.10. The molecular weight excluding hydrogens is 310 g/mol. The largest absolute Gasteiger partial charge is 0.398 e. The van der Waals surface area contributed by atoms with Crippen LogP contribution >= 0.6 is 15.9 Å². The van der Waals surface area contributed by atoms with Crippen molar-refractivity contribution < 1.29 is 9.59 Å². The molecule has 5 nitrogen and oxygen atoms in total. The number of halogens is 1. The van der Waals surface area contributed by atoms with E-state index in [1.54, 1.807) is 25.1 Å². The molecule has 0 heterocycles. The van der Waals surface area contributed by atoms with Gasteiger partial charge in [0.1, 0.15) is 6.04 Å². The standard InChI is InChI=1S/C13H18BrN3O2/c1-7(2)16-12(18)8(3)17-13(19)9-4-5-11(15)10(14)6-9/h4-8H,15H2,1-3H3,(H,16,18)(H,17,19). The number of nitrogen functional groups attached to an aromatic ring is 1. The zero-order valence-electron chi connectivity index (χ0n) is 11.2. The van der Waals surface area contributed by atoms with Crippen molar-refractivity contribution in [2.24, 2.45) is 0 Å². The molecule has 2 amide bonds. The Labute approximate surface area is 121 Å².